The van der Waals surface area contributed by atoms with Crippen LogP contribution in [0.4, 0.5) is 0 Å². The summed E-state index contributed by atoms with van der Waals surface area (Å²) >= 11 is 0. The van der Waals surface area contributed by atoms with Gasteiger partial charge in [-0.05, 0) is 30.7 Å². The second-order valence-electron chi connectivity index (χ2n) is 3.45. The van der Waals surface area contributed by atoms with E-state index in [1.807, 2.05) is 13.0 Å². The molecule has 0 radical (unpaired) electrons. The van der Waals surface area contributed by atoms with Gasteiger partial charge in [-0.15, -0.1) is 0 Å². The van der Waals surface area contributed by atoms with Gasteiger partial charge >= 0.3 is 5.97 Å². The largest absolute Gasteiger partial charge is 0.469 e. The molecule has 82 valence electrons. The van der Waals surface area contributed by atoms with E-state index in [0.29, 0.717) is 13.0 Å². The van der Waals surface area contributed by atoms with Crippen molar-refractivity contribution in [2.24, 2.45) is 5.73 Å². The molecule has 0 saturated carbocycles. The minimum absolute atomic E-state index is 0.0143. The molecule has 0 amide bonds. The van der Waals surface area contributed by atoms with Crippen LogP contribution < -0.4 is 5.73 Å². The van der Waals surface area contributed by atoms with Crippen molar-refractivity contribution < 1.29 is 9.53 Å². The van der Waals surface area contributed by atoms with E-state index in [-0.39, 0.29) is 11.9 Å². The van der Waals surface area contributed by atoms with Gasteiger partial charge in [0.05, 0.1) is 13.5 Å². The molecule has 1 aromatic heterocycles. The minimum Gasteiger partial charge on any atom is -0.469 e. The number of aromatic nitrogens is 1. The fourth-order valence-corrected chi connectivity index (χ4v) is 1.55. The van der Waals surface area contributed by atoms with Crippen molar-refractivity contribution >= 4 is 5.97 Å². The standard InChI is InChI=1S/C11H16N2O2/c1-8-7-13-4-3-10(8)9(6-12)5-11(14)15-2/h3-4,7,9H,5-6,12H2,1-2H3. The van der Waals surface area contributed by atoms with Gasteiger partial charge in [0.2, 0.25) is 0 Å². The Balaban J connectivity index is 2.83. The van der Waals surface area contributed by atoms with E-state index in [1.165, 1.54) is 7.11 Å². The summed E-state index contributed by atoms with van der Waals surface area (Å²) in [5.74, 6) is -0.220. The second kappa shape index (κ2) is 5.46. The number of ether oxygens (including phenoxy) is 1. The zero-order chi connectivity index (χ0) is 11.3. The number of carbonyl (C=O) groups is 1. The van der Waals surface area contributed by atoms with Gasteiger partial charge in [-0.3, -0.25) is 9.78 Å². The Morgan fingerprint density at radius 2 is 2.40 bits per heavy atom. The molecule has 0 saturated heterocycles. The number of pyridine rings is 1. The highest BCUT2D eigenvalue weighted by Gasteiger charge is 2.16. The first-order valence-electron chi connectivity index (χ1n) is 4.86. The lowest BCUT2D eigenvalue weighted by Crippen LogP contribution is -2.18. The molecular formula is C11H16N2O2. The van der Waals surface area contributed by atoms with Gasteiger partial charge in [0.25, 0.3) is 0 Å². The van der Waals surface area contributed by atoms with Crippen LogP contribution in [0.5, 0.6) is 0 Å². The summed E-state index contributed by atoms with van der Waals surface area (Å²) in [6, 6.07) is 1.90. The summed E-state index contributed by atoms with van der Waals surface area (Å²) in [5.41, 5.74) is 7.77. The maximum atomic E-state index is 11.2. The van der Waals surface area contributed by atoms with Crippen molar-refractivity contribution in [3.05, 3.63) is 29.6 Å². The predicted octanol–water partition coefficient (Wildman–Crippen LogP) is 0.995. The van der Waals surface area contributed by atoms with Crippen LogP contribution in [-0.4, -0.2) is 24.6 Å². The van der Waals surface area contributed by atoms with Crippen LogP contribution in [0.15, 0.2) is 18.5 Å². The lowest BCUT2D eigenvalue weighted by molar-refractivity contribution is -0.141. The van der Waals surface area contributed by atoms with E-state index < -0.39 is 0 Å². The first-order valence-corrected chi connectivity index (χ1v) is 4.86. The average Bonchev–Trinajstić information content (AvgIpc) is 2.26. The molecule has 0 aliphatic carbocycles. The summed E-state index contributed by atoms with van der Waals surface area (Å²) in [6.07, 6.45) is 3.80. The highest BCUT2D eigenvalue weighted by molar-refractivity contribution is 5.70. The van der Waals surface area contributed by atoms with Gasteiger partial charge < -0.3 is 10.5 Å². The Bertz CT molecular complexity index is 339. The first-order chi connectivity index (χ1) is 7.19. The highest BCUT2D eigenvalue weighted by atomic mass is 16.5. The molecule has 1 rings (SSSR count). The van der Waals surface area contributed by atoms with Gasteiger partial charge in [-0.25, -0.2) is 0 Å². The zero-order valence-corrected chi connectivity index (χ0v) is 9.06. The van der Waals surface area contributed by atoms with Crippen LogP contribution in [0, 0.1) is 6.92 Å². The maximum Gasteiger partial charge on any atom is 0.306 e. The Morgan fingerprint density at radius 1 is 1.67 bits per heavy atom. The summed E-state index contributed by atoms with van der Waals surface area (Å²) in [7, 11) is 1.38. The number of nitrogens with zero attached hydrogens (tertiary/aromatic N) is 1. The molecule has 4 nitrogen and oxygen atoms in total. The monoisotopic (exact) mass is 208 g/mol. The molecule has 15 heavy (non-hydrogen) atoms. The summed E-state index contributed by atoms with van der Waals surface area (Å²) in [4.78, 5) is 15.2. The number of hydrogen-bond donors (Lipinski definition) is 1. The molecule has 0 aliphatic heterocycles. The smallest absolute Gasteiger partial charge is 0.306 e. The van der Waals surface area contributed by atoms with E-state index >= 15 is 0 Å². The number of nitrogens with two attached hydrogens (primary N) is 1. The van der Waals surface area contributed by atoms with Gasteiger partial charge in [-0.2, -0.15) is 0 Å². The quantitative estimate of drug-likeness (QED) is 0.749. The lowest BCUT2D eigenvalue weighted by Gasteiger charge is -2.15. The number of methoxy groups -OCH3 is 1. The molecule has 0 aliphatic rings. The van der Waals surface area contributed by atoms with Crippen molar-refractivity contribution in [2.45, 2.75) is 19.3 Å². The second-order valence-corrected chi connectivity index (χ2v) is 3.45. The molecule has 0 spiro atoms. The van der Waals surface area contributed by atoms with Gasteiger partial charge in [0, 0.05) is 18.3 Å². The van der Waals surface area contributed by atoms with Crippen LogP contribution in [0.3, 0.4) is 0 Å². The van der Waals surface area contributed by atoms with Crippen molar-refractivity contribution in [3.8, 4) is 0 Å². The van der Waals surface area contributed by atoms with Crippen LogP contribution >= 0.6 is 0 Å². The van der Waals surface area contributed by atoms with E-state index in [1.54, 1.807) is 12.4 Å². The topological polar surface area (TPSA) is 65.2 Å². The summed E-state index contributed by atoms with van der Waals surface area (Å²) in [6.45, 7) is 2.39. The molecule has 0 bridgehead atoms. The van der Waals surface area contributed by atoms with Gasteiger partial charge in [0.15, 0.2) is 0 Å². The van der Waals surface area contributed by atoms with E-state index in [4.69, 9.17) is 5.73 Å². The molecule has 1 atom stereocenters. The van der Waals surface area contributed by atoms with Crippen LogP contribution in [0.2, 0.25) is 0 Å². The Morgan fingerprint density at radius 3 is 2.93 bits per heavy atom. The first kappa shape index (κ1) is 11.7. The van der Waals surface area contributed by atoms with Crippen molar-refractivity contribution in [3.63, 3.8) is 0 Å². The average molecular weight is 208 g/mol. The van der Waals surface area contributed by atoms with E-state index in [2.05, 4.69) is 9.72 Å². The highest BCUT2D eigenvalue weighted by Crippen LogP contribution is 2.21. The molecule has 1 aromatic rings. The molecule has 2 N–H and O–H groups in total. The SMILES string of the molecule is COC(=O)CC(CN)c1ccncc1C. The molecular weight excluding hydrogens is 192 g/mol. The van der Waals surface area contributed by atoms with Crippen molar-refractivity contribution in [1.29, 1.82) is 0 Å². The summed E-state index contributed by atoms with van der Waals surface area (Å²) < 4.78 is 4.63. The maximum absolute atomic E-state index is 11.2. The summed E-state index contributed by atoms with van der Waals surface area (Å²) in [5, 5.41) is 0. The number of hydrogen-bond acceptors (Lipinski definition) is 4. The Hall–Kier alpha value is -1.42. The van der Waals surface area contributed by atoms with Gasteiger partial charge in [-0.1, -0.05) is 0 Å². The molecule has 1 heterocycles. The molecule has 1 unspecified atom stereocenters. The Labute approximate surface area is 89.5 Å². The molecule has 0 aromatic carbocycles. The Kier molecular flexibility index (Phi) is 4.24. The molecule has 0 fully saturated rings. The zero-order valence-electron chi connectivity index (χ0n) is 9.06. The number of esters is 1. The minimum atomic E-state index is -0.235. The van der Waals surface area contributed by atoms with E-state index in [9.17, 15) is 4.79 Å². The normalized spacial score (nSPS) is 12.2. The lowest BCUT2D eigenvalue weighted by atomic mass is 9.93. The predicted molar refractivity (Wildman–Crippen MR) is 57.4 cm³/mol. The fourth-order valence-electron chi connectivity index (χ4n) is 1.55. The third kappa shape index (κ3) is 3.02. The van der Waals surface area contributed by atoms with Crippen LogP contribution in [0.25, 0.3) is 0 Å². The van der Waals surface area contributed by atoms with E-state index in [0.717, 1.165) is 11.1 Å². The number of carbonyl (C=O) groups excluding carboxylic acids is 1. The van der Waals surface area contributed by atoms with Gasteiger partial charge in [0.1, 0.15) is 0 Å². The van der Waals surface area contributed by atoms with Crippen molar-refractivity contribution in [2.75, 3.05) is 13.7 Å². The van der Waals surface area contributed by atoms with Crippen molar-refractivity contribution in [1.82, 2.24) is 4.98 Å². The fraction of sp³-hybridized carbons (Fsp3) is 0.455. The third-order valence-corrected chi connectivity index (χ3v) is 2.43. The number of aryl methyl sites for hydroxylation is 1. The third-order valence-electron chi connectivity index (χ3n) is 2.43. The number of rotatable bonds is 4. The molecule has 4 heteroatoms. The van der Waals surface area contributed by atoms with Crippen LogP contribution in [0.1, 0.15) is 23.5 Å². The van der Waals surface area contributed by atoms with Crippen LogP contribution in [-0.2, 0) is 9.53 Å².